The van der Waals surface area contributed by atoms with Crippen LogP contribution in [0.4, 0.5) is 0 Å². The van der Waals surface area contributed by atoms with Crippen LogP contribution in [-0.4, -0.2) is 16.0 Å². The van der Waals surface area contributed by atoms with Gasteiger partial charge in [0.1, 0.15) is 17.2 Å². The number of aromatic nitrogens is 2. The summed E-state index contributed by atoms with van der Waals surface area (Å²) in [5.74, 6) is 2.53. The van der Waals surface area contributed by atoms with Gasteiger partial charge in [0, 0.05) is 55.5 Å². The lowest BCUT2D eigenvalue weighted by Gasteiger charge is -2.33. The molecule has 5 heteroatoms. The standard InChI is InChI=1S/C48H29BN2O2/c1-5-18-41-34(13-1)35-14-2-6-19-42(35)50(41)32-12-9-11-30(27-32)31-23-26-45-39(28-31)38-17-10-22-46-48(38)49(53-45)40-25-24-33(29-47(40)52-46)51-43-20-7-3-15-36(43)37-16-4-8-21-44(37)51/h1-29H. The summed E-state index contributed by atoms with van der Waals surface area (Å²) < 4.78 is 18.4. The smallest absolute Gasteiger partial charge is 0.434 e. The summed E-state index contributed by atoms with van der Waals surface area (Å²) >= 11 is 0. The van der Waals surface area contributed by atoms with Gasteiger partial charge in [-0.2, -0.15) is 0 Å². The van der Waals surface area contributed by atoms with Crippen molar-refractivity contribution in [2.24, 2.45) is 0 Å². The van der Waals surface area contributed by atoms with Crippen LogP contribution in [0.3, 0.4) is 0 Å². The normalized spacial score (nSPS) is 12.8. The lowest BCUT2D eigenvalue weighted by molar-refractivity contribution is 0.479. The predicted octanol–water partition coefficient (Wildman–Crippen LogP) is 10.8. The molecule has 2 aliphatic rings. The van der Waals surface area contributed by atoms with Crippen LogP contribution in [0.15, 0.2) is 176 Å². The lowest BCUT2D eigenvalue weighted by Crippen LogP contribution is -2.53. The molecule has 0 fully saturated rings. The summed E-state index contributed by atoms with van der Waals surface area (Å²) in [6.45, 7) is -0.269. The van der Waals surface area contributed by atoms with E-state index in [2.05, 4.69) is 185 Å². The minimum absolute atomic E-state index is 0.269. The van der Waals surface area contributed by atoms with Crippen LogP contribution >= 0.6 is 0 Å². The molecule has 2 aliphatic heterocycles. The third-order valence-corrected chi connectivity index (χ3v) is 11.2. The molecule has 246 valence electrons. The van der Waals surface area contributed by atoms with E-state index < -0.39 is 0 Å². The number of para-hydroxylation sites is 4. The number of ether oxygens (including phenoxy) is 1. The number of nitrogens with zero attached hydrogens (tertiary/aromatic N) is 2. The van der Waals surface area contributed by atoms with Gasteiger partial charge in [0.15, 0.2) is 0 Å². The van der Waals surface area contributed by atoms with Gasteiger partial charge in [-0.25, -0.2) is 0 Å². The summed E-state index contributed by atoms with van der Waals surface area (Å²) in [6.07, 6.45) is 0. The number of hydrogen-bond donors (Lipinski definition) is 0. The molecule has 0 N–H and O–H groups in total. The van der Waals surface area contributed by atoms with Crippen LogP contribution in [0.2, 0.25) is 0 Å². The minimum Gasteiger partial charge on any atom is -0.551 e. The lowest BCUT2D eigenvalue weighted by atomic mass is 9.51. The zero-order valence-electron chi connectivity index (χ0n) is 28.5. The Kier molecular flexibility index (Phi) is 5.83. The zero-order chi connectivity index (χ0) is 34.6. The summed E-state index contributed by atoms with van der Waals surface area (Å²) in [5, 5.41) is 4.99. The Hall–Kier alpha value is -6.98. The Balaban J connectivity index is 0.948. The largest absolute Gasteiger partial charge is 0.551 e. The van der Waals surface area contributed by atoms with Crippen molar-refractivity contribution in [2.75, 3.05) is 0 Å². The molecule has 2 aromatic heterocycles. The SMILES string of the molecule is c1cc(-c2ccc3c(c2)-c2cccc4c2B(O3)c2ccc(-n3c5ccccc5c5ccccc53)cc2O4)cc(-n2c3ccccc3c3ccccc32)c1. The summed E-state index contributed by atoms with van der Waals surface area (Å²) in [5.41, 5.74) is 13.6. The van der Waals surface area contributed by atoms with Gasteiger partial charge < -0.3 is 18.5 Å². The van der Waals surface area contributed by atoms with Gasteiger partial charge in [0.25, 0.3) is 0 Å². The van der Waals surface area contributed by atoms with E-state index in [4.69, 9.17) is 9.39 Å². The second kappa shape index (κ2) is 10.8. The number of benzene rings is 8. The zero-order valence-corrected chi connectivity index (χ0v) is 28.5. The van der Waals surface area contributed by atoms with Crippen LogP contribution < -0.4 is 20.3 Å². The summed E-state index contributed by atoms with van der Waals surface area (Å²) in [6, 6.07) is 62.8. The van der Waals surface area contributed by atoms with Crippen LogP contribution in [0.1, 0.15) is 0 Å². The Labute approximate surface area is 305 Å². The molecular weight excluding hydrogens is 647 g/mol. The van der Waals surface area contributed by atoms with Gasteiger partial charge in [-0.3, -0.25) is 0 Å². The van der Waals surface area contributed by atoms with Gasteiger partial charge in [-0.15, -0.1) is 0 Å². The molecule has 10 aromatic rings. The van der Waals surface area contributed by atoms with E-state index in [1.165, 1.54) is 43.6 Å². The van der Waals surface area contributed by atoms with Crippen LogP contribution in [0, 0.1) is 0 Å². The second-order valence-corrected chi connectivity index (χ2v) is 14.0. The first-order chi connectivity index (χ1) is 26.3. The minimum atomic E-state index is -0.269. The van der Waals surface area contributed by atoms with Crippen molar-refractivity contribution in [3.63, 3.8) is 0 Å². The number of fused-ring (bicyclic) bond motifs is 10. The highest BCUT2D eigenvalue weighted by Crippen LogP contribution is 2.42. The fraction of sp³-hybridized carbons (Fsp3) is 0. The van der Waals surface area contributed by atoms with Gasteiger partial charge >= 0.3 is 6.92 Å². The van der Waals surface area contributed by atoms with Crippen molar-refractivity contribution < 1.29 is 9.39 Å². The van der Waals surface area contributed by atoms with E-state index in [0.717, 1.165) is 61.8 Å². The Morgan fingerprint density at radius 2 is 0.943 bits per heavy atom. The van der Waals surface area contributed by atoms with E-state index in [9.17, 15) is 0 Å². The fourth-order valence-corrected chi connectivity index (χ4v) is 8.88. The highest BCUT2D eigenvalue weighted by atomic mass is 16.5. The van der Waals surface area contributed by atoms with Gasteiger partial charge in [0.05, 0.1) is 22.1 Å². The van der Waals surface area contributed by atoms with Crippen LogP contribution in [-0.2, 0) is 0 Å². The quantitative estimate of drug-likeness (QED) is 0.174. The molecular formula is C48H29BN2O2. The molecule has 0 atom stereocenters. The highest BCUT2D eigenvalue weighted by Gasteiger charge is 2.40. The average molecular weight is 677 g/mol. The highest BCUT2D eigenvalue weighted by molar-refractivity contribution is 6.84. The van der Waals surface area contributed by atoms with Crippen molar-refractivity contribution in [1.29, 1.82) is 0 Å². The number of rotatable bonds is 3. The predicted molar refractivity (Wildman–Crippen MR) is 218 cm³/mol. The topological polar surface area (TPSA) is 28.3 Å². The molecule has 12 rings (SSSR count). The second-order valence-electron chi connectivity index (χ2n) is 14.0. The van der Waals surface area contributed by atoms with Gasteiger partial charge in [-0.1, -0.05) is 109 Å². The molecule has 0 amide bonds. The van der Waals surface area contributed by atoms with E-state index in [-0.39, 0.29) is 6.92 Å². The molecule has 0 unspecified atom stereocenters. The van der Waals surface area contributed by atoms with Gasteiger partial charge in [0.2, 0.25) is 0 Å². The number of hydrogen-bond acceptors (Lipinski definition) is 2. The maximum Gasteiger partial charge on any atom is 0.434 e. The molecule has 4 heterocycles. The molecule has 8 aromatic carbocycles. The van der Waals surface area contributed by atoms with E-state index >= 15 is 0 Å². The van der Waals surface area contributed by atoms with Crippen molar-refractivity contribution in [2.45, 2.75) is 0 Å². The maximum atomic E-state index is 6.92. The van der Waals surface area contributed by atoms with E-state index in [1.807, 2.05) is 0 Å². The van der Waals surface area contributed by atoms with Crippen LogP contribution in [0.5, 0.6) is 17.2 Å². The molecule has 0 radical (unpaired) electrons. The molecule has 0 aliphatic carbocycles. The molecule has 0 saturated carbocycles. The van der Waals surface area contributed by atoms with Crippen molar-refractivity contribution in [3.8, 4) is 50.9 Å². The maximum absolute atomic E-state index is 6.92. The van der Waals surface area contributed by atoms with Crippen molar-refractivity contribution >= 4 is 61.5 Å². The average Bonchev–Trinajstić information content (AvgIpc) is 3.74. The third kappa shape index (κ3) is 4.07. The van der Waals surface area contributed by atoms with E-state index in [0.29, 0.717) is 0 Å². The van der Waals surface area contributed by atoms with Gasteiger partial charge in [-0.05, 0) is 77.4 Å². The van der Waals surface area contributed by atoms with Crippen molar-refractivity contribution in [3.05, 3.63) is 176 Å². The molecule has 0 bridgehead atoms. The first-order valence-corrected chi connectivity index (χ1v) is 18.1. The van der Waals surface area contributed by atoms with Crippen LogP contribution in [0.25, 0.3) is 77.2 Å². The molecule has 4 nitrogen and oxygen atoms in total. The molecule has 0 saturated heterocycles. The Morgan fingerprint density at radius 1 is 0.377 bits per heavy atom. The Bertz CT molecular complexity index is 3050. The molecule has 0 spiro atoms. The van der Waals surface area contributed by atoms with Crippen molar-refractivity contribution in [1.82, 2.24) is 9.13 Å². The fourth-order valence-electron chi connectivity index (χ4n) is 8.88. The summed E-state index contributed by atoms with van der Waals surface area (Å²) in [7, 11) is 0. The third-order valence-electron chi connectivity index (χ3n) is 11.2. The molecule has 53 heavy (non-hydrogen) atoms. The first kappa shape index (κ1) is 28.7. The summed E-state index contributed by atoms with van der Waals surface area (Å²) in [4.78, 5) is 0. The van der Waals surface area contributed by atoms with E-state index in [1.54, 1.807) is 0 Å². The Morgan fingerprint density at radius 3 is 1.58 bits per heavy atom. The monoisotopic (exact) mass is 676 g/mol. The first-order valence-electron chi connectivity index (χ1n) is 18.1.